The molecule has 0 fully saturated rings. The molecular weight excluding hydrogens is 250 g/mol. The highest BCUT2D eigenvalue weighted by Gasteiger charge is 2.03. The van der Waals surface area contributed by atoms with Crippen molar-refractivity contribution < 1.29 is 4.74 Å². The van der Waals surface area contributed by atoms with Gasteiger partial charge in [-0.2, -0.15) is 0 Å². The van der Waals surface area contributed by atoms with Crippen molar-refractivity contribution in [3.8, 4) is 5.75 Å². The fourth-order valence-corrected chi connectivity index (χ4v) is 1.85. The summed E-state index contributed by atoms with van der Waals surface area (Å²) in [6.45, 7) is 2.69. The Balaban J connectivity index is 1.79. The first-order valence-electron chi connectivity index (χ1n) is 7.01. The molecule has 0 aliphatic rings. The summed E-state index contributed by atoms with van der Waals surface area (Å²) in [5.74, 6) is 0.787. The summed E-state index contributed by atoms with van der Waals surface area (Å²) in [6, 6.07) is 9.99. The molecule has 0 saturated carbocycles. The molecule has 2 aromatic rings. The molecule has 0 aromatic carbocycles. The summed E-state index contributed by atoms with van der Waals surface area (Å²) in [5, 5.41) is 0. The van der Waals surface area contributed by atoms with Gasteiger partial charge in [0, 0.05) is 36.5 Å². The molecule has 2 rings (SSSR count). The van der Waals surface area contributed by atoms with Crippen LogP contribution in [0, 0.1) is 0 Å². The summed E-state index contributed by atoms with van der Waals surface area (Å²) < 4.78 is 5.66. The summed E-state index contributed by atoms with van der Waals surface area (Å²) in [5.41, 5.74) is 7.95. The molecule has 2 N–H and O–H groups in total. The van der Waals surface area contributed by atoms with Gasteiger partial charge in [-0.1, -0.05) is 13.0 Å². The van der Waals surface area contributed by atoms with Gasteiger partial charge in [0.2, 0.25) is 0 Å². The molecule has 2 heterocycles. The molecule has 0 radical (unpaired) electrons. The van der Waals surface area contributed by atoms with Crippen molar-refractivity contribution in [2.24, 2.45) is 5.73 Å². The number of aromatic nitrogens is 2. The van der Waals surface area contributed by atoms with Crippen LogP contribution < -0.4 is 10.5 Å². The fraction of sp³-hybridized carbons (Fsp3) is 0.375. The van der Waals surface area contributed by atoms with E-state index in [-0.39, 0.29) is 6.04 Å². The molecule has 0 aliphatic heterocycles. The van der Waals surface area contributed by atoms with E-state index in [4.69, 9.17) is 10.5 Å². The molecule has 0 spiro atoms. The SMILES string of the molecule is CCC(N)Cc1ccc(OCCc2ccccn2)cn1. The summed E-state index contributed by atoms with van der Waals surface area (Å²) in [7, 11) is 0. The molecule has 1 unspecified atom stereocenters. The van der Waals surface area contributed by atoms with Crippen LogP contribution in [0.25, 0.3) is 0 Å². The van der Waals surface area contributed by atoms with Crippen LogP contribution in [0.15, 0.2) is 42.7 Å². The van der Waals surface area contributed by atoms with Crippen molar-refractivity contribution in [3.05, 3.63) is 54.1 Å². The van der Waals surface area contributed by atoms with Crippen molar-refractivity contribution in [2.75, 3.05) is 6.61 Å². The number of hydrogen-bond acceptors (Lipinski definition) is 4. The number of rotatable bonds is 7. The van der Waals surface area contributed by atoms with Gasteiger partial charge in [-0.15, -0.1) is 0 Å². The van der Waals surface area contributed by atoms with Gasteiger partial charge < -0.3 is 10.5 Å². The normalized spacial score (nSPS) is 12.1. The molecule has 1 atom stereocenters. The molecule has 4 nitrogen and oxygen atoms in total. The average Bonchev–Trinajstić information content (AvgIpc) is 2.50. The number of nitrogens with zero attached hydrogens (tertiary/aromatic N) is 2. The van der Waals surface area contributed by atoms with E-state index in [0.717, 1.165) is 36.4 Å². The Bertz CT molecular complexity index is 499. The molecule has 0 saturated heterocycles. The quantitative estimate of drug-likeness (QED) is 0.840. The van der Waals surface area contributed by atoms with E-state index in [1.165, 1.54) is 0 Å². The maximum atomic E-state index is 5.91. The summed E-state index contributed by atoms with van der Waals surface area (Å²) >= 11 is 0. The molecule has 2 aromatic heterocycles. The summed E-state index contributed by atoms with van der Waals surface area (Å²) in [4.78, 5) is 8.63. The first kappa shape index (κ1) is 14.5. The second kappa shape index (κ2) is 7.60. The van der Waals surface area contributed by atoms with Gasteiger partial charge in [-0.3, -0.25) is 9.97 Å². The Morgan fingerprint density at radius 1 is 1.15 bits per heavy atom. The van der Waals surface area contributed by atoms with Crippen molar-refractivity contribution in [2.45, 2.75) is 32.2 Å². The van der Waals surface area contributed by atoms with Crippen LogP contribution in [0.2, 0.25) is 0 Å². The molecule has 4 heteroatoms. The lowest BCUT2D eigenvalue weighted by molar-refractivity contribution is 0.319. The van der Waals surface area contributed by atoms with Crippen molar-refractivity contribution in [1.82, 2.24) is 9.97 Å². The van der Waals surface area contributed by atoms with Gasteiger partial charge in [0.1, 0.15) is 5.75 Å². The van der Waals surface area contributed by atoms with Crippen molar-refractivity contribution in [1.29, 1.82) is 0 Å². The zero-order valence-corrected chi connectivity index (χ0v) is 11.8. The molecule has 0 amide bonds. The van der Waals surface area contributed by atoms with Crippen molar-refractivity contribution in [3.63, 3.8) is 0 Å². The first-order valence-corrected chi connectivity index (χ1v) is 7.01. The summed E-state index contributed by atoms with van der Waals surface area (Å²) in [6.07, 6.45) is 6.12. The lowest BCUT2D eigenvalue weighted by Gasteiger charge is -2.09. The monoisotopic (exact) mass is 271 g/mol. The first-order chi connectivity index (χ1) is 9.78. The predicted octanol–water partition coefficient (Wildman–Crippen LogP) is 2.38. The third-order valence-electron chi connectivity index (χ3n) is 3.15. The van der Waals surface area contributed by atoms with Gasteiger partial charge in [-0.05, 0) is 30.7 Å². The standard InChI is InChI=1S/C16H21N3O/c1-2-13(17)11-15-6-7-16(12-19-15)20-10-8-14-5-3-4-9-18-14/h3-7,9,12-13H,2,8,10-11,17H2,1H3. The average molecular weight is 271 g/mol. The van der Waals surface area contributed by atoms with E-state index in [9.17, 15) is 0 Å². The Morgan fingerprint density at radius 2 is 2.05 bits per heavy atom. The van der Waals surface area contributed by atoms with Crippen LogP contribution in [0.1, 0.15) is 24.7 Å². The second-order valence-electron chi connectivity index (χ2n) is 4.78. The predicted molar refractivity (Wildman–Crippen MR) is 79.6 cm³/mol. The molecule has 0 bridgehead atoms. The van der Waals surface area contributed by atoms with Gasteiger partial charge in [0.15, 0.2) is 0 Å². The molecule has 20 heavy (non-hydrogen) atoms. The van der Waals surface area contributed by atoms with Gasteiger partial charge in [0.25, 0.3) is 0 Å². The highest BCUT2D eigenvalue weighted by Crippen LogP contribution is 2.11. The Kier molecular flexibility index (Phi) is 5.50. The highest BCUT2D eigenvalue weighted by atomic mass is 16.5. The van der Waals surface area contributed by atoms with Gasteiger partial charge in [-0.25, -0.2) is 0 Å². The number of nitrogens with two attached hydrogens (primary N) is 1. The van der Waals surface area contributed by atoms with E-state index in [0.29, 0.717) is 6.61 Å². The zero-order valence-electron chi connectivity index (χ0n) is 11.8. The molecule has 106 valence electrons. The maximum Gasteiger partial charge on any atom is 0.137 e. The minimum atomic E-state index is 0.179. The minimum Gasteiger partial charge on any atom is -0.492 e. The van der Waals surface area contributed by atoms with E-state index in [2.05, 4.69) is 16.9 Å². The highest BCUT2D eigenvalue weighted by molar-refractivity contribution is 5.20. The van der Waals surface area contributed by atoms with Crippen LogP contribution in [-0.2, 0) is 12.8 Å². The van der Waals surface area contributed by atoms with Crippen LogP contribution in [0.3, 0.4) is 0 Å². The third kappa shape index (κ3) is 4.63. The van der Waals surface area contributed by atoms with E-state index in [1.807, 2.05) is 30.3 Å². The van der Waals surface area contributed by atoms with Gasteiger partial charge >= 0.3 is 0 Å². The van der Waals surface area contributed by atoms with E-state index < -0.39 is 0 Å². The lowest BCUT2D eigenvalue weighted by Crippen LogP contribution is -2.21. The zero-order chi connectivity index (χ0) is 14.2. The maximum absolute atomic E-state index is 5.91. The molecular formula is C16H21N3O. The topological polar surface area (TPSA) is 61.0 Å². The Labute approximate surface area is 120 Å². The largest absolute Gasteiger partial charge is 0.492 e. The molecule has 0 aliphatic carbocycles. The van der Waals surface area contributed by atoms with Crippen LogP contribution in [-0.4, -0.2) is 22.6 Å². The van der Waals surface area contributed by atoms with Crippen LogP contribution in [0.4, 0.5) is 0 Å². The smallest absolute Gasteiger partial charge is 0.137 e. The number of hydrogen-bond donors (Lipinski definition) is 1. The number of ether oxygens (including phenoxy) is 1. The van der Waals surface area contributed by atoms with Crippen LogP contribution >= 0.6 is 0 Å². The Morgan fingerprint density at radius 3 is 2.70 bits per heavy atom. The lowest BCUT2D eigenvalue weighted by atomic mass is 10.1. The number of pyridine rings is 2. The second-order valence-corrected chi connectivity index (χ2v) is 4.78. The van der Waals surface area contributed by atoms with Crippen molar-refractivity contribution >= 4 is 0 Å². The minimum absolute atomic E-state index is 0.179. The fourth-order valence-electron chi connectivity index (χ4n) is 1.85. The van der Waals surface area contributed by atoms with E-state index >= 15 is 0 Å². The third-order valence-corrected chi connectivity index (χ3v) is 3.15. The van der Waals surface area contributed by atoms with Gasteiger partial charge in [0.05, 0.1) is 12.8 Å². The van der Waals surface area contributed by atoms with E-state index in [1.54, 1.807) is 12.4 Å². The Hall–Kier alpha value is -1.94. The van der Waals surface area contributed by atoms with Crippen LogP contribution in [0.5, 0.6) is 5.75 Å².